The van der Waals surface area contributed by atoms with Crippen LogP contribution >= 0.6 is 27.5 Å². The highest BCUT2D eigenvalue weighted by Crippen LogP contribution is 2.29. The lowest BCUT2D eigenvalue weighted by Crippen LogP contribution is -1.99. The van der Waals surface area contributed by atoms with E-state index in [1.54, 1.807) is 6.20 Å². The Balaban J connectivity index is 2.17. The summed E-state index contributed by atoms with van der Waals surface area (Å²) in [6.45, 7) is 2.07. The number of aromatic nitrogens is 2. The number of aromatic amines is 1. The van der Waals surface area contributed by atoms with Crippen LogP contribution in [0.2, 0.25) is 5.02 Å². The second-order valence-corrected chi connectivity index (χ2v) is 5.25. The Morgan fingerprint density at radius 1 is 1.50 bits per heavy atom. The molecule has 0 amide bonds. The molecule has 1 aromatic heterocycles. The van der Waals surface area contributed by atoms with Crippen LogP contribution in [0.4, 0.5) is 0 Å². The number of alkyl halides is 1. The average Bonchev–Trinajstić information content (AvgIpc) is 2.70. The molecule has 2 aromatic rings. The van der Waals surface area contributed by atoms with Gasteiger partial charge in [-0.05, 0) is 30.2 Å². The van der Waals surface area contributed by atoms with E-state index in [1.807, 2.05) is 18.3 Å². The van der Waals surface area contributed by atoms with E-state index < -0.39 is 0 Å². The molecule has 4 heteroatoms. The fourth-order valence-corrected chi connectivity index (χ4v) is 2.73. The van der Waals surface area contributed by atoms with Crippen LogP contribution in [0.5, 0.6) is 0 Å². The Kier molecular flexibility index (Phi) is 3.66. The maximum absolute atomic E-state index is 5.93. The molecule has 1 aromatic carbocycles. The Morgan fingerprint density at radius 3 is 2.94 bits per heavy atom. The van der Waals surface area contributed by atoms with E-state index in [1.165, 1.54) is 11.1 Å². The van der Waals surface area contributed by atoms with Gasteiger partial charge in [0.1, 0.15) is 5.82 Å². The number of nitrogens with one attached hydrogen (secondary N) is 1. The van der Waals surface area contributed by atoms with Crippen molar-refractivity contribution in [2.75, 3.05) is 0 Å². The van der Waals surface area contributed by atoms with Gasteiger partial charge in [0, 0.05) is 28.7 Å². The number of hydrogen-bond donors (Lipinski definition) is 1. The lowest BCUT2D eigenvalue weighted by atomic mass is 10.0. The predicted molar refractivity (Wildman–Crippen MR) is 70.1 cm³/mol. The van der Waals surface area contributed by atoms with Crippen LogP contribution < -0.4 is 0 Å². The summed E-state index contributed by atoms with van der Waals surface area (Å²) in [4.78, 5) is 7.58. The normalized spacial score (nSPS) is 12.7. The van der Waals surface area contributed by atoms with Crippen molar-refractivity contribution in [3.05, 3.63) is 52.6 Å². The largest absolute Gasteiger partial charge is 0.349 e. The molecule has 0 spiro atoms. The highest BCUT2D eigenvalue weighted by Gasteiger charge is 2.12. The number of H-pyrrole nitrogens is 1. The van der Waals surface area contributed by atoms with E-state index in [9.17, 15) is 0 Å². The maximum Gasteiger partial charge on any atom is 0.107 e. The van der Waals surface area contributed by atoms with E-state index in [2.05, 4.69) is 38.9 Å². The molecule has 2 nitrogen and oxygen atoms in total. The fourth-order valence-electron chi connectivity index (χ4n) is 1.68. The van der Waals surface area contributed by atoms with Gasteiger partial charge in [0.25, 0.3) is 0 Å². The van der Waals surface area contributed by atoms with E-state index >= 15 is 0 Å². The monoisotopic (exact) mass is 298 g/mol. The van der Waals surface area contributed by atoms with Crippen LogP contribution in [0.3, 0.4) is 0 Å². The summed E-state index contributed by atoms with van der Waals surface area (Å²) in [5.74, 6) is 0.983. The van der Waals surface area contributed by atoms with Gasteiger partial charge in [0.2, 0.25) is 0 Å². The van der Waals surface area contributed by atoms with Gasteiger partial charge in [-0.3, -0.25) is 0 Å². The summed E-state index contributed by atoms with van der Waals surface area (Å²) in [7, 11) is 0. The molecule has 1 atom stereocenters. The van der Waals surface area contributed by atoms with Crippen molar-refractivity contribution in [3.8, 4) is 0 Å². The summed E-state index contributed by atoms with van der Waals surface area (Å²) >= 11 is 9.61. The molecule has 0 aliphatic heterocycles. The van der Waals surface area contributed by atoms with E-state index in [-0.39, 0.29) is 4.83 Å². The van der Waals surface area contributed by atoms with Crippen molar-refractivity contribution < 1.29 is 0 Å². The number of halogens is 2. The zero-order valence-corrected chi connectivity index (χ0v) is 11.2. The van der Waals surface area contributed by atoms with Gasteiger partial charge in [0.15, 0.2) is 0 Å². The first-order valence-electron chi connectivity index (χ1n) is 5.05. The molecular formula is C12H12BrClN2. The van der Waals surface area contributed by atoms with Crippen LogP contribution in [0.25, 0.3) is 0 Å². The second kappa shape index (κ2) is 5.02. The van der Waals surface area contributed by atoms with Crippen molar-refractivity contribution in [3.63, 3.8) is 0 Å². The van der Waals surface area contributed by atoms with Gasteiger partial charge in [-0.25, -0.2) is 4.98 Å². The maximum atomic E-state index is 5.93. The molecule has 1 N–H and O–H groups in total. The highest BCUT2D eigenvalue weighted by atomic mass is 79.9. The third kappa shape index (κ3) is 2.66. The number of hydrogen-bond acceptors (Lipinski definition) is 1. The number of nitrogens with zero attached hydrogens (tertiary/aromatic N) is 1. The van der Waals surface area contributed by atoms with Crippen LogP contribution in [0.15, 0.2) is 30.6 Å². The van der Waals surface area contributed by atoms with Crippen LogP contribution in [-0.2, 0) is 6.42 Å². The molecule has 0 saturated heterocycles. The Morgan fingerprint density at radius 2 is 2.31 bits per heavy atom. The third-order valence-electron chi connectivity index (χ3n) is 2.50. The average molecular weight is 300 g/mol. The van der Waals surface area contributed by atoms with E-state index in [0.717, 1.165) is 17.3 Å². The van der Waals surface area contributed by atoms with Gasteiger partial charge in [-0.1, -0.05) is 33.6 Å². The van der Waals surface area contributed by atoms with Crippen LogP contribution in [0, 0.1) is 6.92 Å². The summed E-state index contributed by atoms with van der Waals surface area (Å²) in [5, 5.41) is 0.777. The minimum Gasteiger partial charge on any atom is -0.349 e. The molecular weight excluding hydrogens is 288 g/mol. The minimum absolute atomic E-state index is 0.260. The van der Waals surface area contributed by atoms with Crippen molar-refractivity contribution in [1.29, 1.82) is 0 Å². The lowest BCUT2D eigenvalue weighted by Gasteiger charge is -2.12. The molecule has 0 saturated carbocycles. The summed E-state index contributed by atoms with van der Waals surface area (Å²) < 4.78 is 0. The molecule has 16 heavy (non-hydrogen) atoms. The number of rotatable bonds is 3. The van der Waals surface area contributed by atoms with Gasteiger partial charge >= 0.3 is 0 Å². The second-order valence-electron chi connectivity index (χ2n) is 3.71. The number of imidazole rings is 1. The lowest BCUT2D eigenvalue weighted by molar-refractivity contribution is 0.870. The number of benzene rings is 1. The van der Waals surface area contributed by atoms with Crippen molar-refractivity contribution in [2.24, 2.45) is 0 Å². The first kappa shape index (κ1) is 11.7. The summed E-state index contributed by atoms with van der Waals surface area (Å²) in [6, 6.07) is 5.95. The molecule has 1 heterocycles. The van der Waals surface area contributed by atoms with Crippen molar-refractivity contribution in [2.45, 2.75) is 18.2 Å². The van der Waals surface area contributed by atoms with Gasteiger partial charge in [-0.15, -0.1) is 0 Å². The predicted octanol–water partition coefficient (Wildman–Crippen LogP) is 4.05. The molecule has 0 aliphatic rings. The van der Waals surface area contributed by atoms with Gasteiger partial charge < -0.3 is 4.98 Å². The van der Waals surface area contributed by atoms with E-state index in [0.29, 0.717) is 0 Å². The Bertz CT molecular complexity index is 468. The van der Waals surface area contributed by atoms with Crippen molar-refractivity contribution >= 4 is 27.5 Å². The molecule has 0 radical (unpaired) electrons. The quantitative estimate of drug-likeness (QED) is 0.851. The Labute approximate surface area is 108 Å². The molecule has 0 bridgehead atoms. The molecule has 1 unspecified atom stereocenters. The first-order chi connectivity index (χ1) is 7.66. The number of aryl methyl sites for hydroxylation is 1. The zero-order valence-electron chi connectivity index (χ0n) is 8.87. The third-order valence-corrected chi connectivity index (χ3v) is 3.55. The van der Waals surface area contributed by atoms with Crippen LogP contribution in [0.1, 0.15) is 21.8 Å². The summed E-state index contributed by atoms with van der Waals surface area (Å²) in [6.07, 6.45) is 4.45. The molecule has 0 aliphatic carbocycles. The first-order valence-corrected chi connectivity index (χ1v) is 6.34. The van der Waals surface area contributed by atoms with Gasteiger partial charge in [0.05, 0.1) is 0 Å². The molecule has 2 rings (SSSR count). The summed E-state index contributed by atoms with van der Waals surface area (Å²) in [5.41, 5.74) is 2.45. The fraction of sp³-hybridized carbons (Fsp3) is 0.250. The standard InChI is InChI=1S/C12H12BrClN2/c1-8-6-9(14)2-3-10(8)11(13)7-12-15-4-5-16-12/h2-6,11H,7H2,1H3,(H,15,16). The topological polar surface area (TPSA) is 28.7 Å². The molecule has 0 fully saturated rings. The SMILES string of the molecule is Cc1cc(Cl)ccc1C(Br)Cc1ncc[nH]1. The highest BCUT2D eigenvalue weighted by molar-refractivity contribution is 9.09. The van der Waals surface area contributed by atoms with Gasteiger partial charge in [-0.2, -0.15) is 0 Å². The molecule has 84 valence electrons. The Hall–Kier alpha value is -0.800. The zero-order chi connectivity index (χ0) is 11.5. The van der Waals surface area contributed by atoms with Crippen LogP contribution in [-0.4, -0.2) is 9.97 Å². The van der Waals surface area contributed by atoms with E-state index in [4.69, 9.17) is 11.6 Å². The van der Waals surface area contributed by atoms with Crippen molar-refractivity contribution in [1.82, 2.24) is 9.97 Å². The smallest absolute Gasteiger partial charge is 0.107 e. The minimum atomic E-state index is 0.260.